The predicted octanol–water partition coefficient (Wildman–Crippen LogP) is 1.20. The first-order valence-corrected chi connectivity index (χ1v) is 4.51. The van der Waals surface area contributed by atoms with Gasteiger partial charge in [0.1, 0.15) is 17.2 Å². The van der Waals surface area contributed by atoms with Gasteiger partial charge in [0.2, 0.25) is 0 Å². The molecule has 1 heterocycles. The van der Waals surface area contributed by atoms with Gasteiger partial charge in [-0.25, -0.2) is 0 Å². The molecule has 0 aromatic heterocycles. The van der Waals surface area contributed by atoms with Crippen molar-refractivity contribution in [3.05, 3.63) is 18.2 Å². The van der Waals surface area contributed by atoms with Crippen molar-refractivity contribution in [2.24, 2.45) is 0 Å². The minimum atomic E-state index is -0.670. The highest BCUT2D eigenvalue weighted by Crippen LogP contribution is 2.35. The quantitative estimate of drug-likeness (QED) is 0.706. The maximum Gasteiger partial charge on any atom is 0.291 e. The van der Waals surface area contributed by atoms with Gasteiger partial charge in [-0.05, 0) is 19.1 Å². The molecule has 0 radical (unpaired) electrons. The zero-order chi connectivity index (χ0) is 11.0. The first-order valence-electron chi connectivity index (χ1n) is 4.51. The van der Waals surface area contributed by atoms with Crippen LogP contribution in [0.5, 0.6) is 11.5 Å². The summed E-state index contributed by atoms with van der Waals surface area (Å²) in [6.45, 7) is 1.58. The van der Waals surface area contributed by atoms with Gasteiger partial charge in [0.25, 0.3) is 5.91 Å². The van der Waals surface area contributed by atoms with Crippen LogP contribution in [0.15, 0.2) is 18.2 Å². The summed E-state index contributed by atoms with van der Waals surface area (Å²) < 4.78 is 10.3. The van der Waals surface area contributed by atoms with Gasteiger partial charge in [0, 0.05) is 6.07 Å². The summed E-state index contributed by atoms with van der Waals surface area (Å²) in [5.74, 6) is 0.528. The van der Waals surface area contributed by atoms with Crippen LogP contribution in [0.2, 0.25) is 0 Å². The summed E-state index contributed by atoms with van der Waals surface area (Å²) >= 11 is 0. The molecule has 2 rings (SSSR count). The monoisotopic (exact) mass is 209 g/mol. The SMILES string of the molecule is COc1ccc2c(c1)N(O)C(=O)[C@@H](C)O2. The Balaban J connectivity index is 2.47. The molecule has 1 amide bonds. The zero-order valence-corrected chi connectivity index (χ0v) is 8.43. The largest absolute Gasteiger partial charge is 0.497 e. The minimum Gasteiger partial charge on any atom is -0.497 e. The number of ether oxygens (including phenoxy) is 2. The van der Waals surface area contributed by atoms with E-state index in [0.29, 0.717) is 22.2 Å². The number of hydrogen-bond donors (Lipinski definition) is 1. The van der Waals surface area contributed by atoms with E-state index < -0.39 is 12.0 Å². The molecule has 0 fully saturated rings. The Morgan fingerprint density at radius 1 is 1.53 bits per heavy atom. The van der Waals surface area contributed by atoms with E-state index in [1.807, 2.05) is 0 Å². The van der Waals surface area contributed by atoms with Gasteiger partial charge >= 0.3 is 0 Å². The molecule has 0 bridgehead atoms. The molecule has 1 aromatic rings. The highest BCUT2D eigenvalue weighted by Gasteiger charge is 2.30. The van der Waals surface area contributed by atoms with E-state index in [1.54, 1.807) is 25.1 Å². The fraction of sp³-hybridized carbons (Fsp3) is 0.300. The zero-order valence-electron chi connectivity index (χ0n) is 8.43. The molecule has 1 aliphatic heterocycles. The van der Waals surface area contributed by atoms with Crippen LogP contribution in [-0.2, 0) is 4.79 Å². The Hall–Kier alpha value is -1.75. The second-order valence-electron chi connectivity index (χ2n) is 3.24. The maximum absolute atomic E-state index is 11.4. The van der Waals surface area contributed by atoms with E-state index >= 15 is 0 Å². The van der Waals surface area contributed by atoms with Crippen molar-refractivity contribution in [1.29, 1.82) is 0 Å². The van der Waals surface area contributed by atoms with Crippen molar-refractivity contribution in [2.45, 2.75) is 13.0 Å². The molecule has 1 aliphatic rings. The summed E-state index contributed by atoms with van der Waals surface area (Å²) in [4.78, 5) is 11.4. The number of anilines is 1. The third-order valence-corrected chi connectivity index (χ3v) is 2.25. The summed E-state index contributed by atoms with van der Waals surface area (Å²) in [5, 5.41) is 10.2. The molecule has 1 aromatic carbocycles. The Kier molecular flexibility index (Phi) is 2.24. The highest BCUT2D eigenvalue weighted by atomic mass is 16.6. The number of carbonyl (C=O) groups excluding carboxylic acids is 1. The molecule has 5 heteroatoms. The van der Waals surface area contributed by atoms with E-state index in [4.69, 9.17) is 9.47 Å². The smallest absolute Gasteiger partial charge is 0.291 e. The van der Waals surface area contributed by atoms with E-state index in [1.165, 1.54) is 7.11 Å². The maximum atomic E-state index is 11.4. The Bertz CT molecular complexity index is 404. The van der Waals surface area contributed by atoms with Gasteiger partial charge in [0.05, 0.1) is 7.11 Å². The lowest BCUT2D eigenvalue weighted by molar-refractivity contribution is -0.131. The van der Waals surface area contributed by atoms with Crippen LogP contribution in [-0.4, -0.2) is 24.3 Å². The molecule has 80 valence electrons. The molecule has 1 N–H and O–H groups in total. The summed E-state index contributed by atoms with van der Waals surface area (Å²) in [6, 6.07) is 4.90. The van der Waals surface area contributed by atoms with Crippen molar-refractivity contribution in [3.63, 3.8) is 0 Å². The second kappa shape index (κ2) is 3.43. The third kappa shape index (κ3) is 1.50. The number of hydroxylamine groups is 1. The molecule has 1 atom stereocenters. The summed E-state index contributed by atoms with van der Waals surface area (Å²) in [7, 11) is 1.51. The molecular formula is C10H11NO4. The van der Waals surface area contributed by atoms with Gasteiger partial charge in [-0.2, -0.15) is 5.06 Å². The normalized spacial score (nSPS) is 19.5. The number of benzene rings is 1. The van der Waals surface area contributed by atoms with Crippen LogP contribution >= 0.6 is 0 Å². The molecule has 0 aliphatic carbocycles. The van der Waals surface area contributed by atoms with Crippen molar-refractivity contribution in [1.82, 2.24) is 0 Å². The van der Waals surface area contributed by atoms with Gasteiger partial charge < -0.3 is 9.47 Å². The van der Waals surface area contributed by atoms with E-state index in [-0.39, 0.29) is 0 Å². The standard InChI is InChI=1S/C10H11NO4/c1-6-10(12)11(13)8-5-7(14-2)3-4-9(8)15-6/h3-6,13H,1-2H3/t6-/m1/s1. The highest BCUT2D eigenvalue weighted by molar-refractivity contribution is 5.97. The van der Waals surface area contributed by atoms with Gasteiger partial charge in [-0.15, -0.1) is 0 Å². The van der Waals surface area contributed by atoms with Gasteiger partial charge in [-0.3, -0.25) is 10.0 Å². The van der Waals surface area contributed by atoms with Crippen molar-refractivity contribution < 1.29 is 19.5 Å². The van der Waals surface area contributed by atoms with E-state index in [2.05, 4.69) is 0 Å². The van der Waals surface area contributed by atoms with Crippen molar-refractivity contribution in [2.75, 3.05) is 12.2 Å². The number of nitrogens with zero attached hydrogens (tertiary/aromatic N) is 1. The number of methoxy groups -OCH3 is 1. The number of carbonyl (C=O) groups is 1. The van der Waals surface area contributed by atoms with Gasteiger partial charge in [-0.1, -0.05) is 0 Å². The number of fused-ring (bicyclic) bond motifs is 1. The molecule has 15 heavy (non-hydrogen) atoms. The van der Waals surface area contributed by atoms with E-state index in [0.717, 1.165) is 0 Å². The third-order valence-electron chi connectivity index (χ3n) is 2.25. The molecular weight excluding hydrogens is 198 g/mol. The molecule has 0 spiro atoms. The Morgan fingerprint density at radius 2 is 2.27 bits per heavy atom. The lowest BCUT2D eigenvalue weighted by Crippen LogP contribution is -2.42. The average molecular weight is 209 g/mol. The number of amides is 1. The lowest BCUT2D eigenvalue weighted by atomic mass is 10.2. The summed E-state index contributed by atoms with van der Waals surface area (Å²) in [6.07, 6.45) is -0.670. The molecule has 0 saturated carbocycles. The van der Waals surface area contributed by atoms with Crippen LogP contribution in [0.3, 0.4) is 0 Å². The molecule has 0 saturated heterocycles. The number of rotatable bonds is 1. The Morgan fingerprint density at radius 3 is 2.93 bits per heavy atom. The predicted molar refractivity (Wildman–Crippen MR) is 52.4 cm³/mol. The first kappa shape index (κ1) is 9.79. The van der Waals surface area contributed by atoms with Crippen molar-refractivity contribution in [3.8, 4) is 11.5 Å². The fourth-order valence-electron chi connectivity index (χ4n) is 1.42. The van der Waals surface area contributed by atoms with E-state index in [9.17, 15) is 10.0 Å². The molecule has 5 nitrogen and oxygen atoms in total. The summed E-state index contributed by atoms with van der Waals surface area (Å²) in [5.41, 5.74) is 0.303. The van der Waals surface area contributed by atoms with Crippen molar-refractivity contribution >= 4 is 11.6 Å². The topological polar surface area (TPSA) is 59.0 Å². The average Bonchev–Trinajstić information content (AvgIpc) is 2.26. The lowest BCUT2D eigenvalue weighted by Gasteiger charge is -2.28. The Labute approximate surface area is 86.8 Å². The van der Waals surface area contributed by atoms with Crippen LogP contribution in [0.1, 0.15) is 6.92 Å². The minimum absolute atomic E-state index is 0.303. The number of hydrogen-bond acceptors (Lipinski definition) is 4. The fourth-order valence-corrected chi connectivity index (χ4v) is 1.42. The van der Waals surface area contributed by atoms with Crippen LogP contribution in [0.25, 0.3) is 0 Å². The van der Waals surface area contributed by atoms with Crippen LogP contribution in [0, 0.1) is 0 Å². The van der Waals surface area contributed by atoms with Crippen LogP contribution in [0.4, 0.5) is 5.69 Å². The molecule has 0 unspecified atom stereocenters. The first-order chi connectivity index (χ1) is 7.13. The second-order valence-corrected chi connectivity index (χ2v) is 3.24. The van der Waals surface area contributed by atoms with Gasteiger partial charge in [0.15, 0.2) is 6.10 Å². The van der Waals surface area contributed by atoms with Crippen LogP contribution < -0.4 is 14.5 Å².